The summed E-state index contributed by atoms with van der Waals surface area (Å²) >= 11 is 0. The number of carbonyl (C=O) groups excluding carboxylic acids is 2. The van der Waals surface area contributed by atoms with Gasteiger partial charge in [0.25, 0.3) is 0 Å². The number of anilines is 1. The summed E-state index contributed by atoms with van der Waals surface area (Å²) < 4.78 is 19.0. The molecule has 2 aliphatic heterocycles. The molecule has 0 radical (unpaired) electrons. The lowest BCUT2D eigenvalue weighted by molar-refractivity contribution is -0.108. The zero-order valence-electron chi connectivity index (χ0n) is 21.9. The highest BCUT2D eigenvalue weighted by Crippen LogP contribution is 2.57. The topological polar surface area (TPSA) is 85.9 Å². The number of allylic oxidation sites excluding steroid dienone is 1. The summed E-state index contributed by atoms with van der Waals surface area (Å²) in [5.41, 5.74) is 5.25. The zero-order chi connectivity index (χ0) is 26.2. The van der Waals surface area contributed by atoms with Gasteiger partial charge < -0.3 is 29.6 Å². The van der Waals surface area contributed by atoms with Crippen LogP contribution in [0.25, 0.3) is 0 Å². The molecule has 0 amide bonds. The lowest BCUT2D eigenvalue weighted by Crippen LogP contribution is -2.49. The lowest BCUT2D eigenvalue weighted by atomic mass is 9.69. The van der Waals surface area contributed by atoms with Crippen molar-refractivity contribution in [3.63, 3.8) is 0 Å². The molecule has 1 spiro atoms. The average molecular weight is 503 g/mol. The van der Waals surface area contributed by atoms with E-state index < -0.39 is 5.60 Å². The molecule has 0 bridgehead atoms. The summed E-state index contributed by atoms with van der Waals surface area (Å²) in [6.07, 6.45) is 5.91. The van der Waals surface area contributed by atoms with Crippen LogP contribution in [-0.4, -0.2) is 38.1 Å². The van der Waals surface area contributed by atoms with E-state index in [1.165, 1.54) is 0 Å². The molecule has 3 aliphatic rings. The van der Waals surface area contributed by atoms with Gasteiger partial charge in [0.15, 0.2) is 5.60 Å². The highest BCUT2D eigenvalue weighted by atomic mass is 16.6. The Labute approximate surface area is 217 Å². The van der Waals surface area contributed by atoms with E-state index in [0.717, 1.165) is 53.0 Å². The Morgan fingerprint density at radius 2 is 1.86 bits per heavy atom. The van der Waals surface area contributed by atoms with Crippen molar-refractivity contribution in [3.8, 4) is 11.5 Å². The number of benzene rings is 2. The molecule has 0 saturated carbocycles. The van der Waals surface area contributed by atoms with Gasteiger partial charge in [-0.1, -0.05) is 6.08 Å². The Hall–Kier alpha value is -3.74. The summed E-state index contributed by atoms with van der Waals surface area (Å²) in [6, 6.07) is 9.60. The van der Waals surface area contributed by atoms with E-state index in [2.05, 4.69) is 49.6 Å². The summed E-state index contributed by atoms with van der Waals surface area (Å²) in [4.78, 5) is 24.0. The number of carbonyl (C=O) groups is 2. The van der Waals surface area contributed by atoms with Crippen molar-refractivity contribution in [2.45, 2.75) is 52.2 Å². The molecule has 0 aromatic heterocycles. The number of nitrogens with one attached hydrogen (secondary N) is 2. The van der Waals surface area contributed by atoms with Gasteiger partial charge in [-0.15, -0.1) is 0 Å². The van der Waals surface area contributed by atoms with Crippen molar-refractivity contribution in [3.05, 3.63) is 76.0 Å². The van der Waals surface area contributed by atoms with Gasteiger partial charge in [-0.25, -0.2) is 4.79 Å². The summed E-state index contributed by atoms with van der Waals surface area (Å²) in [7, 11) is 0. The largest absolute Gasteiger partial charge is 0.494 e. The molecule has 2 N–H and O–H groups in total. The molecule has 1 aliphatic carbocycles. The van der Waals surface area contributed by atoms with Crippen LogP contribution in [0.5, 0.6) is 11.5 Å². The van der Waals surface area contributed by atoms with E-state index in [1.807, 2.05) is 19.1 Å². The number of hydrogen-bond acceptors (Lipinski definition) is 7. The van der Waals surface area contributed by atoms with E-state index in [1.54, 1.807) is 12.1 Å². The minimum Gasteiger partial charge on any atom is -0.494 e. The SMILES string of the molecule is CCNC1=CC2Oc3cc(NCC)c(C)cc3C3(OC(=O)c4ccc(OCCCC=O)cc43)C2C=C1C. The van der Waals surface area contributed by atoms with E-state index >= 15 is 0 Å². The fourth-order valence-corrected chi connectivity index (χ4v) is 5.64. The molecule has 7 nitrogen and oxygen atoms in total. The van der Waals surface area contributed by atoms with Gasteiger partial charge >= 0.3 is 5.97 Å². The molecule has 0 saturated heterocycles. The van der Waals surface area contributed by atoms with Crippen LogP contribution >= 0.6 is 0 Å². The quantitative estimate of drug-likeness (QED) is 0.283. The van der Waals surface area contributed by atoms with Crippen LogP contribution < -0.4 is 20.1 Å². The van der Waals surface area contributed by atoms with Crippen LogP contribution in [0.3, 0.4) is 0 Å². The van der Waals surface area contributed by atoms with Crippen LogP contribution in [0.2, 0.25) is 0 Å². The van der Waals surface area contributed by atoms with E-state index in [9.17, 15) is 9.59 Å². The number of ether oxygens (including phenoxy) is 3. The number of aryl methyl sites for hydroxylation is 1. The first-order valence-electron chi connectivity index (χ1n) is 13.1. The first-order chi connectivity index (χ1) is 17.9. The van der Waals surface area contributed by atoms with Gasteiger partial charge in [-0.3, -0.25) is 0 Å². The highest BCUT2D eigenvalue weighted by molar-refractivity contribution is 5.96. The third-order valence-corrected chi connectivity index (χ3v) is 7.33. The zero-order valence-corrected chi connectivity index (χ0v) is 21.9. The first-order valence-corrected chi connectivity index (χ1v) is 13.1. The number of unbranched alkanes of at least 4 members (excludes halogenated alkanes) is 1. The van der Waals surface area contributed by atoms with Crippen molar-refractivity contribution < 1.29 is 23.8 Å². The van der Waals surface area contributed by atoms with Crippen LogP contribution in [-0.2, 0) is 15.1 Å². The summed E-state index contributed by atoms with van der Waals surface area (Å²) in [5.74, 6) is 0.728. The number of likely N-dealkylation sites (N-methyl/N-ethyl adjacent to an activating group) is 1. The number of esters is 1. The predicted molar refractivity (Wildman–Crippen MR) is 142 cm³/mol. The number of aldehydes is 1. The van der Waals surface area contributed by atoms with E-state index in [0.29, 0.717) is 36.5 Å². The van der Waals surface area contributed by atoms with Crippen molar-refractivity contribution >= 4 is 17.9 Å². The Bertz CT molecular complexity index is 1300. The second kappa shape index (κ2) is 9.96. The number of hydrogen-bond donors (Lipinski definition) is 2. The minimum atomic E-state index is -1.06. The fourth-order valence-electron chi connectivity index (χ4n) is 5.64. The average Bonchev–Trinajstić information content (AvgIpc) is 3.17. The molecule has 7 heteroatoms. The molecule has 2 aromatic rings. The molecule has 5 rings (SSSR count). The van der Waals surface area contributed by atoms with Crippen LogP contribution in [0.1, 0.15) is 60.7 Å². The first kappa shape index (κ1) is 24.9. The maximum atomic E-state index is 13.3. The van der Waals surface area contributed by atoms with Gasteiger partial charge in [-0.2, -0.15) is 0 Å². The Morgan fingerprint density at radius 1 is 1.05 bits per heavy atom. The Morgan fingerprint density at radius 3 is 2.62 bits per heavy atom. The molecule has 3 unspecified atom stereocenters. The molecule has 0 fully saturated rings. The summed E-state index contributed by atoms with van der Waals surface area (Å²) in [6.45, 7) is 10.2. The molecule has 194 valence electrons. The highest BCUT2D eigenvalue weighted by Gasteiger charge is 2.59. The van der Waals surface area contributed by atoms with Gasteiger partial charge in [0.1, 0.15) is 23.9 Å². The maximum Gasteiger partial charge on any atom is 0.339 e. The Kier molecular flexibility index (Phi) is 6.71. The third-order valence-electron chi connectivity index (χ3n) is 7.33. The van der Waals surface area contributed by atoms with Crippen molar-refractivity contribution in [2.75, 3.05) is 25.0 Å². The smallest absolute Gasteiger partial charge is 0.339 e. The van der Waals surface area contributed by atoms with Crippen LogP contribution in [0.4, 0.5) is 5.69 Å². The molecular weight excluding hydrogens is 468 g/mol. The number of rotatable bonds is 9. The second-order valence-corrected chi connectivity index (χ2v) is 9.75. The van der Waals surface area contributed by atoms with Crippen molar-refractivity contribution in [1.82, 2.24) is 5.32 Å². The predicted octanol–water partition coefficient (Wildman–Crippen LogP) is 5.03. The lowest BCUT2D eigenvalue weighted by Gasteiger charge is -2.46. The Balaban J connectivity index is 1.69. The maximum absolute atomic E-state index is 13.3. The summed E-state index contributed by atoms with van der Waals surface area (Å²) in [5, 5.41) is 6.84. The van der Waals surface area contributed by atoms with E-state index in [-0.39, 0.29) is 18.0 Å². The van der Waals surface area contributed by atoms with Crippen LogP contribution in [0.15, 0.2) is 53.8 Å². The molecule has 2 aromatic carbocycles. The third kappa shape index (κ3) is 4.16. The van der Waals surface area contributed by atoms with Crippen molar-refractivity contribution in [1.29, 1.82) is 0 Å². The molecule has 37 heavy (non-hydrogen) atoms. The normalized spacial score (nSPS) is 23.1. The van der Waals surface area contributed by atoms with E-state index in [4.69, 9.17) is 14.2 Å². The van der Waals surface area contributed by atoms with Gasteiger partial charge in [0, 0.05) is 48.1 Å². The fraction of sp³-hybridized carbons (Fsp3) is 0.400. The van der Waals surface area contributed by atoms with Gasteiger partial charge in [0.2, 0.25) is 0 Å². The van der Waals surface area contributed by atoms with Crippen molar-refractivity contribution in [2.24, 2.45) is 5.92 Å². The molecular formula is C30H34N2O5. The number of fused-ring (bicyclic) bond motifs is 6. The molecule has 3 atom stereocenters. The monoisotopic (exact) mass is 502 g/mol. The minimum absolute atomic E-state index is 0.262. The standard InChI is InChI=1S/C30H34N2O5/c1-5-31-25-16-27-23(13-18(25)3)30(24-14-19(4)26(32-6-2)17-28(24)36-27)22-15-20(35-12-8-7-11-33)9-10-21(22)29(34)37-30/h9-11,13-17,23,27,31-32H,5-8,12H2,1-4H3. The molecule has 2 heterocycles. The van der Waals surface area contributed by atoms with Crippen LogP contribution in [0, 0.1) is 12.8 Å². The second-order valence-electron chi connectivity index (χ2n) is 9.75. The van der Waals surface area contributed by atoms with Gasteiger partial charge in [-0.05, 0) is 75.6 Å². The van der Waals surface area contributed by atoms with Gasteiger partial charge in [0.05, 0.1) is 18.1 Å².